The molecule has 2 rings (SSSR count). The monoisotopic (exact) mass is 166 g/mol. The second kappa shape index (κ2) is 3.59. The number of carbonyl (C=O) groups is 1. The summed E-state index contributed by atoms with van der Waals surface area (Å²) in [6.45, 7) is 0. The van der Waals surface area contributed by atoms with Gasteiger partial charge in [0.2, 0.25) is 0 Å². The van der Waals surface area contributed by atoms with Crippen molar-refractivity contribution in [3.8, 4) is 0 Å². The molecule has 0 saturated heterocycles. The molecule has 1 nitrogen and oxygen atoms in total. The molecule has 0 aromatic heterocycles. The van der Waals surface area contributed by atoms with Crippen molar-refractivity contribution in [1.82, 2.24) is 0 Å². The minimum absolute atomic E-state index is 0.519. The summed E-state index contributed by atoms with van der Waals surface area (Å²) >= 11 is 0. The van der Waals surface area contributed by atoms with Crippen molar-refractivity contribution >= 4 is 5.78 Å². The molecular formula is C11H18O. The quantitative estimate of drug-likeness (QED) is 0.585. The molecular weight excluding hydrogens is 148 g/mol. The second-order valence-corrected chi connectivity index (χ2v) is 4.44. The SMILES string of the molecule is O=C1CC[C@@H](C2CCCCC2)C1. The van der Waals surface area contributed by atoms with Gasteiger partial charge in [-0.05, 0) is 18.3 Å². The zero-order valence-electron chi connectivity index (χ0n) is 7.72. The van der Waals surface area contributed by atoms with Crippen LogP contribution >= 0.6 is 0 Å². The highest BCUT2D eigenvalue weighted by Gasteiger charge is 2.29. The Bertz CT molecular complexity index is 168. The molecule has 0 radical (unpaired) electrons. The normalized spacial score (nSPS) is 32.7. The number of ketones is 1. The Labute approximate surface area is 74.5 Å². The van der Waals surface area contributed by atoms with Crippen LogP contribution < -0.4 is 0 Å². The summed E-state index contributed by atoms with van der Waals surface area (Å²) in [5, 5.41) is 0. The van der Waals surface area contributed by atoms with Gasteiger partial charge < -0.3 is 0 Å². The Kier molecular flexibility index (Phi) is 2.48. The fraction of sp³-hybridized carbons (Fsp3) is 0.909. The first-order chi connectivity index (χ1) is 5.86. The molecule has 0 amide bonds. The van der Waals surface area contributed by atoms with Crippen LogP contribution in [0.25, 0.3) is 0 Å². The van der Waals surface area contributed by atoms with Crippen molar-refractivity contribution in [2.24, 2.45) is 11.8 Å². The standard InChI is InChI=1S/C11H18O/c12-11-7-6-10(8-11)9-4-2-1-3-5-9/h9-10H,1-8H2/t10-/m1/s1. The van der Waals surface area contributed by atoms with Gasteiger partial charge in [0.05, 0.1) is 0 Å². The van der Waals surface area contributed by atoms with E-state index in [1.165, 1.54) is 38.5 Å². The molecule has 0 bridgehead atoms. The van der Waals surface area contributed by atoms with Gasteiger partial charge in [0.25, 0.3) is 0 Å². The highest BCUT2D eigenvalue weighted by atomic mass is 16.1. The van der Waals surface area contributed by atoms with E-state index < -0.39 is 0 Å². The Morgan fingerprint density at radius 3 is 2.25 bits per heavy atom. The first kappa shape index (κ1) is 8.28. The molecule has 1 atom stereocenters. The number of rotatable bonds is 1. The van der Waals surface area contributed by atoms with E-state index in [9.17, 15) is 4.79 Å². The van der Waals surface area contributed by atoms with Crippen LogP contribution in [0.3, 0.4) is 0 Å². The number of hydrogen-bond acceptors (Lipinski definition) is 1. The number of Topliss-reactive ketones (excluding diaryl/α,β-unsaturated/α-hetero) is 1. The summed E-state index contributed by atoms with van der Waals surface area (Å²) in [4.78, 5) is 11.1. The van der Waals surface area contributed by atoms with E-state index >= 15 is 0 Å². The minimum Gasteiger partial charge on any atom is -0.300 e. The highest BCUT2D eigenvalue weighted by molar-refractivity contribution is 5.80. The maximum absolute atomic E-state index is 11.1. The van der Waals surface area contributed by atoms with Crippen LogP contribution in [0.4, 0.5) is 0 Å². The van der Waals surface area contributed by atoms with E-state index in [0.717, 1.165) is 24.7 Å². The van der Waals surface area contributed by atoms with Gasteiger partial charge in [-0.25, -0.2) is 0 Å². The molecule has 68 valence electrons. The van der Waals surface area contributed by atoms with Crippen molar-refractivity contribution in [1.29, 1.82) is 0 Å². The van der Waals surface area contributed by atoms with Crippen LogP contribution in [-0.4, -0.2) is 5.78 Å². The molecule has 12 heavy (non-hydrogen) atoms. The van der Waals surface area contributed by atoms with E-state index in [0.29, 0.717) is 5.78 Å². The molecule has 0 unspecified atom stereocenters. The predicted octanol–water partition coefficient (Wildman–Crippen LogP) is 2.94. The maximum atomic E-state index is 11.1. The summed E-state index contributed by atoms with van der Waals surface area (Å²) in [6, 6.07) is 0. The Hall–Kier alpha value is -0.330. The van der Waals surface area contributed by atoms with E-state index in [2.05, 4.69) is 0 Å². The third kappa shape index (κ3) is 1.70. The van der Waals surface area contributed by atoms with Gasteiger partial charge in [0.1, 0.15) is 5.78 Å². The van der Waals surface area contributed by atoms with E-state index in [1.807, 2.05) is 0 Å². The lowest BCUT2D eigenvalue weighted by Gasteiger charge is -2.26. The van der Waals surface area contributed by atoms with Crippen LogP contribution in [0.1, 0.15) is 51.4 Å². The van der Waals surface area contributed by atoms with Crippen molar-refractivity contribution in [3.05, 3.63) is 0 Å². The molecule has 2 fully saturated rings. The summed E-state index contributed by atoms with van der Waals surface area (Å²) < 4.78 is 0. The molecule has 0 aromatic carbocycles. The van der Waals surface area contributed by atoms with Gasteiger partial charge in [0, 0.05) is 12.8 Å². The van der Waals surface area contributed by atoms with Gasteiger partial charge in [-0.2, -0.15) is 0 Å². The molecule has 1 heteroatoms. The lowest BCUT2D eigenvalue weighted by molar-refractivity contribution is -0.117. The zero-order valence-corrected chi connectivity index (χ0v) is 7.72. The Morgan fingerprint density at radius 1 is 0.917 bits per heavy atom. The second-order valence-electron chi connectivity index (χ2n) is 4.44. The molecule has 2 aliphatic carbocycles. The molecule has 0 aliphatic heterocycles. The van der Waals surface area contributed by atoms with Crippen molar-refractivity contribution < 1.29 is 4.79 Å². The molecule has 0 spiro atoms. The van der Waals surface area contributed by atoms with Gasteiger partial charge in [-0.1, -0.05) is 32.1 Å². The smallest absolute Gasteiger partial charge is 0.133 e. The Balaban J connectivity index is 1.86. The van der Waals surface area contributed by atoms with Gasteiger partial charge in [-0.15, -0.1) is 0 Å². The molecule has 0 aromatic rings. The fourth-order valence-electron chi connectivity index (χ4n) is 2.85. The first-order valence-electron chi connectivity index (χ1n) is 5.38. The van der Waals surface area contributed by atoms with E-state index in [-0.39, 0.29) is 0 Å². The number of hydrogen-bond donors (Lipinski definition) is 0. The summed E-state index contributed by atoms with van der Waals surface area (Å²) in [5.74, 6) is 2.20. The highest BCUT2D eigenvalue weighted by Crippen LogP contribution is 2.37. The summed E-state index contributed by atoms with van der Waals surface area (Å²) in [6.07, 6.45) is 10.0. The molecule has 0 heterocycles. The van der Waals surface area contributed by atoms with E-state index in [4.69, 9.17) is 0 Å². The van der Waals surface area contributed by atoms with Gasteiger partial charge in [0.15, 0.2) is 0 Å². The molecule has 2 saturated carbocycles. The van der Waals surface area contributed by atoms with E-state index in [1.54, 1.807) is 0 Å². The predicted molar refractivity (Wildman–Crippen MR) is 48.9 cm³/mol. The lowest BCUT2D eigenvalue weighted by atomic mass is 9.79. The third-order valence-corrected chi connectivity index (χ3v) is 3.60. The van der Waals surface area contributed by atoms with Crippen molar-refractivity contribution in [3.63, 3.8) is 0 Å². The largest absolute Gasteiger partial charge is 0.300 e. The van der Waals surface area contributed by atoms with Crippen LogP contribution in [0.2, 0.25) is 0 Å². The molecule has 2 aliphatic rings. The topological polar surface area (TPSA) is 17.1 Å². The Morgan fingerprint density at radius 2 is 1.67 bits per heavy atom. The lowest BCUT2D eigenvalue weighted by Crippen LogP contribution is -2.15. The first-order valence-corrected chi connectivity index (χ1v) is 5.38. The van der Waals surface area contributed by atoms with Crippen LogP contribution in [0, 0.1) is 11.8 Å². The zero-order chi connectivity index (χ0) is 8.39. The minimum atomic E-state index is 0.519. The summed E-state index contributed by atoms with van der Waals surface area (Å²) in [7, 11) is 0. The van der Waals surface area contributed by atoms with Gasteiger partial charge in [-0.3, -0.25) is 4.79 Å². The average Bonchev–Trinajstić information content (AvgIpc) is 2.54. The van der Waals surface area contributed by atoms with Crippen molar-refractivity contribution in [2.45, 2.75) is 51.4 Å². The van der Waals surface area contributed by atoms with Crippen molar-refractivity contribution in [2.75, 3.05) is 0 Å². The maximum Gasteiger partial charge on any atom is 0.133 e. The van der Waals surface area contributed by atoms with Crippen LogP contribution in [0.15, 0.2) is 0 Å². The molecule has 0 N–H and O–H groups in total. The summed E-state index contributed by atoms with van der Waals surface area (Å²) in [5.41, 5.74) is 0. The number of carbonyl (C=O) groups excluding carboxylic acids is 1. The van der Waals surface area contributed by atoms with Gasteiger partial charge >= 0.3 is 0 Å². The van der Waals surface area contributed by atoms with Crippen LogP contribution in [-0.2, 0) is 4.79 Å². The third-order valence-electron chi connectivity index (χ3n) is 3.60. The fourth-order valence-corrected chi connectivity index (χ4v) is 2.85. The average molecular weight is 166 g/mol. The van der Waals surface area contributed by atoms with Crippen LogP contribution in [0.5, 0.6) is 0 Å².